The summed E-state index contributed by atoms with van der Waals surface area (Å²) in [5.41, 5.74) is 2.90. The van der Waals surface area contributed by atoms with E-state index in [9.17, 15) is 0 Å². The summed E-state index contributed by atoms with van der Waals surface area (Å²) in [7, 11) is 0. The van der Waals surface area contributed by atoms with E-state index in [0.717, 1.165) is 30.4 Å². The molecular weight excluding hydrogens is 284 g/mol. The van der Waals surface area contributed by atoms with Gasteiger partial charge in [-0.15, -0.1) is 0 Å². The van der Waals surface area contributed by atoms with Crippen LogP contribution in [0.4, 0.5) is 11.6 Å². The van der Waals surface area contributed by atoms with Crippen LogP contribution in [0, 0.1) is 6.92 Å². The SMILES string of the molecule is Cc1nc(NC2CC2)cc(N2Cc3ccccc3CC2(C)C)n1. The van der Waals surface area contributed by atoms with Gasteiger partial charge in [-0.2, -0.15) is 0 Å². The molecule has 120 valence electrons. The topological polar surface area (TPSA) is 41.1 Å². The first-order chi connectivity index (χ1) is 11.0. The first-order valence-corrected chi connectivity index (χ1v) is 8.48. The molecule has 4 nitrogen and oxygen atoms in total. The average molecular weight is 308 g/mol. The zero-order valence-electron chi connectivity index (χ0n) is 14.1. The monoisotopic (exact) mass is 308 g/mol. The lowest BCUT2D eigenvalue weighted by Gasteiger charge is -2.44. The number of aromatic nitrogens is 2. The molecule has 1 aromatic heterocycles. The van der Waals surface area contributed by atoms with Gasteiger partial charge in [0.25, 0.3) is 0 Å². The number of benzene rings is 1. The van der Waals surface area contributed by atoms with Crippen LogP contribution in [0.5, 0.6) is 0 Å². The molecule has 1 fully saturated rings. The fourth-order valence-electron chi connectivity index (χ4n) is 3.42. The number of anilines is 2. The Morgan fingerprint density at radius 3 is 2.61 bits per heavy atom. The molecule has 1 aromatic carbocycles. The highest BCUT2D eigenvalue weighted by atomic mass is 15.3. The Hall–Kier alpha value is -2.10. The van der Waals surface area contributed by atoms with E-state index in [0.29, 0.717) is 6.04 Å². The third-order valence-corrected chi connectivity index (χ3v) is 4.83. The number of fused-ring (bicyclic) bond motifs is 1. The molecular formula is C19H24N4. The Kier molecular flexibility index (Phi) is 3.29. The number of hydrogen-bond acceptors (Lipinski definition) is 4. The Morgan fingerprint density at radius 2 is 1.87 bits per heavy atom. The van der Waals surface area contributed by atoms with Crippen molar-refractivity contribution in [2.75, 3.05) is 10.2 Å². The predicted octanol–water partition coefficient (Wildman–Crippen LogP) is 3.70. The second kappa shape index (κ2) is 5.22. The second-order valence-corrected chi connectivity index (χ2v) is 7.42. The van der Waals surface area contributed by atoms with Gasteiger partial charge < -0.3 is 10.2 Å². The third-order valence-electron chi connectivity index (χ3n) is 4.83. The van der Waals surface area contributed by atoms with Crippen molar-refractivity contribution in [1.29, 1.82) is 0 Å². The number of nitrogens with zero attached hydrogens (tertiary/aromatic N) is 3. The van der Waals surface area contributed by atoms with Crippen LogP contribution in [0.1, 0.15) is 43.6 Å². The van der Waals surface area contributed by atoms with Crippen LogP contribution in [0.15, 0.2) is 30.3 Å². The Balaban J connectivity index is 1.70. The first kappa shape index (κ1) is 14.5. The van der Waals surface area contributed by atoms with Gasteiger partial charge in [-0.1, -0.05) is 24.3 Å². The molecule has 0 radical (unpaired) electrons. The van der Waals surface area contributed by atoms with Crippen molar-refractivity contribution < 1.29 is 0 Å². The highest BCUT2D eigenvalue weighted by Gasteiger charge is 2.34. The van der Waals surface area contributed by atoms with Crippen LogP contribution in [-0.2, 0) is 13.0 Å². The number of rotatable bonds is 3. The van der Waals surface area contributed by atoms with Gasteiger partial charge in [0, 0.05) is 24.2 Å². The Labute approximate surface area is 138 Å². The second-order valence-electron chi connectivity index (χ2n) is 7.42. The van der Waals surface area contributed by atoms with Gasteiger partial charge in [0.1, 0.15) is 17.5 Å². The summed E-state index contributed by atoms with van der Waals surface area (Å²) in [5, 5.41) is 3.50. The molecule has 0 amide bonds. The molecule has 2 aliphatic rings. The maximum atomic E-state index is 4.73. The molecule has 1 N–H and O–H groups in total. The van der Waals surface area contributed by atoms with E-state index < -0.39 is 0 Å². The summed E-state index contributed by atoms with van der Waals surface area (Å²) < 4.78 is 0. The number of hydrogen-bond donors (Lipinski definition) is 1. The van der Waals surface area contributed by atoms with E-state index >= 15 is 0 Å². The molecule has 2 aromatic rings. The molecule has 1 aliphatic carbocycles. The Morgan fingerprint density at radius 1 is 1.13 bits per heavy atom. The van der Waals surface area contributed by atoms with Gasteiger partial charge in [-0.3, -0.25) is 0 Å². The standard InChI is InChI=1S/C19H24N4/c1-13-20-17(22-16-8-9-16)10-18(21-13)23-12-15-7-5-4-6-14(15)11-19(23,2)3/h4-7,10,16H,8-9,11-12H2,1-3H3,(H,20,21,22). The van der Waals surface area contributed by atoms with Crippen molar-refractivity contribution in [3.05, 3.63) is 47.3 Å². The van der Waals surface area contributed by atoms with E-state index in [4.69, 9.17) is 4.98 Å². The lowest BCUT2D eigenvalue weighted by molar-refractivity contribution is 0.427. The Bertz CT molecular complexity index is 734. The zero-order chi connectivity index (χ0) is 16.0. The molecule has 23 heavy (non-hydrogen) atoms. The lowest BCUT2D eigenvalue weighted by Crippen LogP contribution is -2.49. The van der Waals surface area contributed by atoms with E-state index in [-0.39, 0.29) is 5.54 Å². The smallest absolute Gasteiger partial charge is 0.135 e. The van der Waals surface area contributed by atoms with Crippen molar-refractivity contribution in [1.82, 2.24) is 9.97 Å². The zero-order valence-corrected chi connectivity index (χ0v) is 14.1. The van der Waals surface area contributed by atoms with Crippen LogP contribution >= 0.6 is 0 Å². The van der Waals surface area contributed by atoms with Crippen molar-refractivity contribution >= 4 is 11.6 Å². The van der Waals surface area contributed by atoms with Crippen LogP contribution in [0.2, 0.25) is 0 Å². The molecule has 0 unspecified atom stereocenters. The van der Waals surface area contributed by atoms with Crippen molar-refractivity contribution in [3.8, 4) is 0 Å². The minimum Gasteiger partial charge on any atom is -0.367 e. The van der Waals surface area contributed by atoms with E-state index in [1.54, 1.807) is 0 Å². The van der Waals surface area contributed by atoms with E-state index in [1.807, 2.05) is 6.92 Å². The quantitative estimate of drug-likeness (QED) is 0.938. The maximum absolute atomic E-state index is 4.73. The molecule has 2 heterocycles. The van der Waals surface area contributed by atoms with Gasteiger partial charge >= 0.3 is 0 Å². The van der Waals surface area contributed by atoms with Crippen molar-refractivity contribution in [2.24, 2.45) is 0 Å². The molecule has 1 aliphatic heterocycles. The van der Waals surface area contributed by atoms with E-state index in [2.05, 4.69) is 59.4 Å². The molecule has 4 heteroatoms. The van der Waals surface area contributed by atoms with Gasteiger partial charge in [0.2, 0.25) is 0 Å². The number of aryl methyl sites for hydroxylation is 1. The van der Waals surface area contributed by atoms with Gasteiger partial charge in [-0.25, -0.2) is 9.97 Å². The first-order valence-electron chi connectivity index (χ1n) is 8.48. The van der Waals surface area contributed by atoms with Crippen LogP contribution in [0.3, 0.4) is 0 Å². The summed E-state index contributed by atoms with van der Waals surface area (Å²) in [6.45, 7) is 7.48. The summed E-state index contributed by atoms with van der Waals surface area (Å²) in [6.07, 6.45) is 3.54. The largest absolute Gasteiger partial charge is 0.367 e. The summed E-state index contributed by atoms with van der Waals surface area (Å²) >= 11 is 0. The maximum Gasteiger partial charge on any atom is 0.135 e. The molecule has 1 saturated carbocycles. The molecule has 4 rings (SSSR count). The van der Waals surface area contributed by atoms with Crippen molar-refractivity contribution in [2.45, 2.75) is 58.2 Å². The average Bonchev–Trinajstić information content (AvgIpc) is 3.29. The highest BCUT2D eigenvalue weighted by molar-refractivity contribution is 5.54. The lowest BCUT2D eigenvalue weighted by atomic mass is 9.85. The van der Waals surface area contributed by atoms with Gasteiger partial charge in [-0.05, 0) is 51.2 Å². The summed E-state index contributed by atoms with van der Waals surface area (Å²) in [6, 6.07) is 11.5. The van der Waals surface area contributed by atoms with Crippen LogP contribution < -0.4 is 10.2 Å². The van der Waals surface area contributed by atoms with Crippen molar-refractivity contribution in [3.63, 3.8) is 0 Å². The minimum absolute atomic E-state index is 0.0476. The fourth-order valence-corrected chi connectivity index (χ4v) is 3.42. The molecule has 0 spiro atoms. The number of nitrogens with one attached hydrogen (secondary N) is 1. The summed E-state index contributed by atoms with van der Waals surface area (Å²) in [5.74, 6) is 2.82. The van der Waals surface area contributed by atoms with Crippen LogP contribution in [0.25, 0.3) is 0 Å². The van der Waals surface area contributed by atoms with Crippen LogP contribution in [-0.4, -0.2) is 21.5 Å². The minimum atomic E-state index is 0.0476. The molecule has 0 atom stereocenters. The van der Waals surface area contributed by atoms with E-state index in [1.165, 1.54) is 24.0 Å². The predicted molar refractivity (Wildman–Crippen MR) is 93.8 cm³/mol. The third kappa shape index (κ3) is 2.90. The van der Waals surface area contributed by atoms with Gasteiger partial charge in [0.05, 0.1) is 0 Å². The molecule has 0 saturated heterocycles. The fraction of sp³-hybridized carbons (Fsp3) is 0.474. The molecule has 0 bridgehead atoms. The normalized spacial score (nSPS) is 19.3. The highest BCUT2D eigenvalue weighted by Crippen LogP contribution is 2.35. The van der Waals surface area contributed by atoms with Gasteiger partial charge in [0.15, 0.2) is 0 Å². The summed E-state index contributed by atoms with van der Waals surface area (Å²) in [4.78, 5) is 11.7.